The topological polar surface area (TPSA) is 50.3 Å². The van der Waals surface area contributed by atoms with Gasteiger partial charge in [0.15, 0.2) is 15.0 Å². The highest BCUT2D eigenvalue weighted by molar-refractivity contribution is 7.92. The van der Waals surface area contributed by atoms with E-state index in [2.05, 4.69) is 42.3 Å². The second kappa shape index (κ2) is 8.88. The van der Waals surface area contributed by atoms with Gasteiger partial charge in [0.05, 0.1) is 20.9 Å². The van der Waals surface area contributed by atoms with E-state index in [4.69, 9.17) is 16.6 Å². The molecule has 0 atom stereocenters. The van der Waals surface area contributed by atoms with Crippen LogP contribution in [-0.4, -0.2) is 31.7 Å². The number of halogens is 2. The highest BCUT2D eigenvalue weighted by atomic mass is 35.5. The third kappa shape index (κ3) is 4.64. The third-order valence-corrected chi connectivity index (χ3v) is 9.41. The van der Waals surface area contributed by atoms with Crippen molar-refractivity contribution in [2.24, 2.45) is 0 Å². The molecule has 0 saturated carbocycles. The van der Waals surface area contributed by atoms with Crippen molar-refractivity contribution >= 4 is 37.9 Å². The van der Waals surface area contributed by atoms with Crippen LogP contribution in [0.1, 0.15) is 35.2 Å². The van der Waals surface area contributed by atoms with Crippen molar-refractivity contribution in [3.8, 4) is 0 Å². The molecule has 1 fully saturated rings. The number of benzene rings is 2. The van der Waals surface area contributed by atoms with Crippen molar-refractivity contribution in [3.63, 3.8) is 0 Å². The maximum Gasteiger partial charge on any atom is 0.185 e. The quantitative estimate of drug-likeness (QED) is 0.449. The first kappa shape index (κ1) is 22.2. The van der Waals surface area contributed by atoms with Crippen LogP contribution in [0.2, 0.25) is 5.02 Å². The molecule has 2 aromatic carbocycles. The molecule has 1 aromatic heterocycles. The molecule has 1 aliphatic heterocycles. The zero-order valence-corrected chi connectivity index (χ0v) is 19.8. The predicted molar refractivity (Wildman–Crippen MR) is 125 cm³/mol. The number of anilines is 1. The number of rotatable bonds is 5. The molecule has 0 spiro atoms. The largest absolute Gasteiger partial charge is 0.348 e. The molecule has 0 unspecified atom stereocenters. The van der Waals surface area contributed by atoms with Crippen LogP contribution in [0.4, 0.5) is 9.52 Å². The summed E-state index contributed by atoms with van der Waals surface area (Å²) < 4.78 is 39.3. The lowest BCUT2D eigenvalue weighted by atomic mass is 9.99. The summed E-state index contributed by atoms with van der Waals surface area (Å²) in [7, 11) is -3.55. The summed E-state index contributed by atoms with van der Waals surface area (Å²) in [5.41, 5.74) is 4.87. The SMILES string of the molecule is Cc1cccc(C)c1Cc1csc(N2CCC(S(=O)(=O)c3ccc(F)c(Cl)c3)CC2)n1. The molecule has 0 amide bonds. The van der Waals surface area contributed by atoms with Gasteiger partial charge in [-0.05, 0) is 61.6 Å². The van der Waals surface area contributed by atoms with Gasteiger partial charge in [0.25, 0.3) is 0 Å². The minimum absolute atomic E-state index is 0.0856. The highest BCUT2D eigenvalue weighted by Crippen LogP contribution is 2.31. The second-order valence-electron chi connectivity index (χ2n) is 7.98. The van der Waals surface area contributed by atoms with Gasteiger partial charge in [-0.25, -0.2) is 17.8 Å². The molecular formula is C23H24ClFN2O2S2. The summed E-state index contributed by atoms with van der Waals surface area (Å²) in [5.74, 6) is -0.615. The lowest BCUT2D eigenvalue weighted by molar-refractivity contribution is 0.529. The lowest BCUT2D eigenvalue weighted by Crippen LogP contribution is -2.39. The third-order valence-electron chi connectivity index (χ3n) is 5.91. The average Bonchev–Trinajstić information content (AvgIpc) is 3.21. The Hall–Kier alpha value is -1.96. The Bertz CT molecular complexity index is 1180. The standard InChI is InChI=1S/C23H24ClFN2O2S2/c1-15-4-3-5-16(2)20(15)12-17-14-30-23(26-17)27-10-8-18(9-11-27)31(28,29)19-6-7-22(25)21(24)13-19/h3-7,13-14,18H,8-12H2,1-2H3. The zero-order valence-electron chi connectivity index (χ0n) is 17.4. The van der Waals surface area contributed by atoms with E-state index in [1.807, 2.05) is 0 Å². The average molecular weight is 479 g/mol. The van der Waals surface area contributed by atoms with E-state index in [1.165, 1.54) is 28.8 Å². The first-order chi connectivity index (χ1) is 14.8. The predicted octanol–water partition coefficient (Wildman–Crippen LogP) is 5.59. The molecule has 8 heteroatoms. The van der Waals surface area contributed by atoms with Crippen LogP contribution in [0, 0.1) is 19.7 Å². The minimum atomic E-state index is -3.55. The molecule has 4 rings (SSSR count). The second-order valence-corrected chi connectivity index (χ2v) is 11.4. The van der Waals surface area contributed by atoms with Crippen LogP contribution in [0.3, 0.4) is 0 Å². The fourth-order valence-corrected chi connectivity index (χ4v) is 6.92. The van der Waals surface area contributed by atoms with Crippen molar-refractivity contribution in [2.75, 3.05) is 18.0 Å². The molecule has 0 radical (unpaired) electrons. The van der Waals surface area contributed by atoms with Gasteiger partial charge in [-0.15, -0.1) is 11.3 Å². The molecule has 164 valence electrons. The van der Waals surface area contributed by atoms with Gasteiger partial charge < -0.3 is 4.90 Å². The summed E-state index contributed by atoms with van der Waals surface area (Å²) in [6.07, 6.45) is 1.80. The van der Waals surface area contributed by atoms with Crippen molar-refractivity contribution in [1.82, 2.24) is 4.98 Å². The first-order valence-electron chi connectivity index (χ1n) is 10.2. The fourth-order valence-electron chi connectivity index (χ4n) is 4.04. The van der Waals surface area contributed by atoms with E-state index in [-0.39, 0.29) is 9.92 Å². The number of nitrogens with zero attached hydrogens (tertiary/aromatic N) is 2. The Morgan fingerprint density at radius 1 is 1.16 bits per heavy atom. The van der Waals surface area contributed by atoms with E-state index >= 15 is 0 Å². The Balaban J connectivity index is 1.43. The fraction of sp³-hybridized carbons (Fsp3) is 0.348. The molecule has 2 heterocycles. The van der Waals surface area contributed by atoms with Crippen molar-refractivity contribution in [2.45, 2.75) is 43.3 Å². The summed E-state index contributed by atoms with van der Waals surface area (Å²) in [5, 5.41) is 2.35. The van der Waals surface area contributed by atoms with Gasteiger partial charge in [-0.2, -0.15) is 0 Å². The Labute approximate surface area is 191 Å². The number of hydrogen-bond acceptors (Lipinski definition) is 5. The summed E-state index contributed by atoms with van der Waals surface area (Å²) in [6, 6.07) is 9.92. The number of hydrogen-bond donors (Lipinski definition) is 0. The molecule has 1 saturated heterocycles. The van der Waals surface area contributed by atoms with Crippen LogP contribution in [0.15, 0.2) is 46.7 Å². The number of aromatic nitrogens is 1. The normalized spacial score (nSPS) is 15.4. The first-order valence-corrected chi connectivity index (χ1v) is 13.0. The molecule has 1 aliphatic rings. The molecule has 0 N–H and O–H groups in total. The number of piperidine rings is 1. The number of thiazole rings is 1. The molecule has 0 bridgehead atoms. The highest BCUT2D eigenvalue weighted by Gasteiger charge is 2.32. The van der Waals surface area contributed by atoms with Crippen molar-refractivity contribution in [3.05, 3.63) is 75.0 Å². The van der Waals surface area contributed by atoms with Gasteiger partial charge in [0, 0.05) is 24.9 Å². The summed E-state index contributed by atoms with van der Waals surface area (Å²) in [6.45, 7) is 5.48. The zero-order chi connectivity index (χ0) is 22.2. The molecule has 4 nitrogen and oxygen atoms in total. The monoisotopic (exact) mass is 478 g/mol. The summed E-state index contributed by atoms with van der Waals surface area (Å²) >= 11 is 7.39. The number of aryl methyl sites for hydroxylation is 2. The molecule has 31 heavy (non-hydrogen) atoms. The maximum atomic E-state index is 13.4. The number of sulfone groups is 1. The van der Waals surface area contributed by atoms with Crippen LogP contribution in [0.5, 0.6) is 0 Å². The van der Waals surface area contributed by atoms with Crippen molar-refractivity contribution < 1.29 is 12.8 Å². The molecular weight excluding hydrogens is 455 g/mol. The van der Waals surface area contributed by atoms with E-state index in [1.54, 1.807) is 11.3 Å². The maximum absolute atomic E-state index is 13.4. The van der Waals surface area contributed by atoms with Gasteiger partial charge in [0.2, 0.25) is 0 Å². The Morgan fingerprint density at radius 2 is 1.84 bits per heavy atom. The van der Waals surface area contributed by atoms with Gasteiger partial charge >= 0.3 is 0 Å². The van der Waals surface area contributed by atoms with E-state index in [9.17, 15) is 12.8 Å². The van der Waals surface area contributed by atoms with Gasteiger partial charge in [-0.3, -0.25) is 0 Å². The molecule has 0 aliphatic carbocycles. The van der Waals surface area contributed by atoms with Gasteiger partial charge in [0.1, 0.15) is 5.82 Å². The van der Waals surface area contributed by atoms with Gasteiger partial charge in [-0.1, -0.05) is 29.8 Å². The molecule has 3 aromatic rings. The smallest absolute Gasteiger partial charge is 0.185 e. The minimum Gasteiger partial charge on any atom is -0.348 e. The summed E-state index contributed by atoms with van der Waals surface area (Å²) in [4.78, 5) is 7.05. The lowest BCUT2D eigenvalue weighted by Gasteiger charge is -2.31. The van der Waals surface area contributed by atoms with Crippen LogP contribution in [-0.2, 0) is 16.3 Å². The van der Waals surface area contributed by atoms with Crippen LogP contribution in [0.25, 0.3) is 0 Å². The Kier molecular flexibility index (Phi) is 6.37. The Morgan fingerprint density at radius 3 is 2.48 bits per heavy atom. The van der Waals surface area contributed by atoms with Crippen LogP contribution >= 0.6 is 22.9 Å². The van der Waals surface area contributed by atoms with Crippen molar-refractivity contribution in [1.29, 1.82) is 0 Å². The van der Waals surface area contributed by atoms with E-state index < -0.39 is 20.9 Å². The van der Waals surface area contributed by atoms with E-state index in [0.29, 0.717) is 25.9 Å². The van der Waals surface area contributed by atoms with E-state index in [0.717, 1.165) is 23.3 Å². The van der Waals surface area contributed by atoms with Crippen LogP contribution < -0.4 is 4.90 Å².